The number of benzene rings is 1. The molecule has 3 aromatic rings. The van der Waals surface area contributed by atoms with Gasteiger partial charge in [-0.05, 0) is 36.6 Å². The summed E-state index contributed by atoms with van der Waals surface area (Å²) < 4.78 is 41.7. The van der Waals surface area contributed by atoms with Crippen LogP contribution in [0.15, 0.2) is 54.9 Å². The predicted octanol–water partition coefficient (Wildman–Crippen LogP) is 5.32. The smallest absolute Gasteiger partial charge is 0.353 e. The second kappa shape index (κ2) is 8.50. The molecule has 1 amide bonds. The molecule has 158 valence electrons. The normalized spacial score (nSPS) is 16.5. The van der Waals surface area contributed by atoms with Crippen molar-refractivity contribution in [1.29, 1.82) is 0 Å². The van der Waals surface area contributed by atoms with Crippen molar-refractivity contribution >= 4 is 11.6 Å². The maximum Gasteiger partial charge on any atom is 0.416 e. The number of fused-ring (bicyclic) bond motifs is 1. The summed E-state index contributed by atoms with van der Waals surface area (Å²) in [6, 6.07) is 10.9. The topological polar surface area (TPSA) is 46.4 Å². The van der Waals surface area contributed by atoms with Crippen molar-refractivity contribution in [2.75, 3.05) is 0 Å². The molecule has 0 radical (unpaired) electrons. The Bertz CT molecular complexity index is 1020. The summed E-state index contributed by atoms with van der Waals surface area (Å²) in [5, 5.41) is 3.08. The average Bonchev–Trinajstić information content (AvgIpc) is 3.16. The fourth-order valence-electron chi connectivity index (χ4n) is 4.25. The number of imidazole rings is 1. The third-order valence-electron chi connectivity index (χ3n) is 5.78. The molecular formula is C23H24F3N3O. The number of carbonyl (C=O) groups is 1. The van der Waals surface area contributed by atoms with E-state index in [1.807, 2.05) is 28.8 Å². The Hall–Kier alpha value is -2.83. The van der Waals surface area contributed by atoms with Crippen LogP contribution in [0.2, 0.25) is 0 Å². The van der Waals surface area contributed by atoms with Crippen LogP contribution >= 0.6 is 0 Å². The lowest BCUT2D eigenvalue weighted by Crippen LogP contribution is -2.37. The maximum atomic E-state index is 13.3. The minimum Gasteiger partial charge on any atom is -0.353 e. The van der Waals surface area contributed by atoms with E-state index in [0.29, 0.717) is 16.9 Å². The molecule has 2 aromatic heterocycles. The van der Waals surface area contributed by atoms with Crippen LogP contribution < -0.4 is 5.32 Å². The number of carbonyl (C=O) groups excluding carboxylic acids is 1. The van der Waals surface area contributed by atoms with E-state index in [0.717, 1.165) is 37.8 Å². The SMILES string of the molecule is O=C(CC(c1cccc(C(F)(F)F)c1)c1cnc2ccccn12)NC1CCCCC1. The summed E-state index contributed by atoms with van der Waals surface area (Å²) in [5.41, 5.74) is 1.13. The molecule has 0 spiro atoms. The Morgan fingerprint density at radius 3 is 2.70 bits per heavy atom. The Balaban J connectivity index is 1.67. The number of rotatable bonds is 5. The lowest BCUT2D eigenvalue weighted by Gasteiger charge is -2.24. The van der Waals surface area contributed by atoms with Gasteiger partial charge in [0.2, 0.25) is 5.91 Å². The van der Waals surface area contributed by atoms with Crippen LogP contribution in [0.4, 0.5) is 13.2 Å². The van der Waals surface area contributed by atoms with Gasteiger partial charge in [0.05, 0.1) is 11.3 Å². The van der Waals surface area contributed by atoms with Gasteiger partial charge in [-0.25, -0.2) is 4.98 Å². The van der Waals surface area contributed by atoms with Crippen LogP contribution in [0.5, 0.6) is 0 Å². The first-order valence-electron chi connectivity index (χ1n) is 10.3. The van der Waals surface area contributed by atoms with Crippen LogP contribution in [0, 0.1) is 0 Å². The molecule has 30 heavy (non-hydrogen) atoms. The van der Waals surface area contributed by atoms with Gasteiger partial charge in [-0.15, -0.1) is 0 Å². The molecule has 0 bridgehead atoms. The van der Waals surface area contributed by atoms with E-state index >= 15 is 0 Å². The van der Waals surface area contributed by atoms with E-state index in [9.17, 15) is 18.0 Å². The van der Waals surface area contributed by atoms with Crippen molar-refractivity contribution in [1.82, 2.24) is 14.7 Å². The standard InChI is InChI=1S/C23H24F3N3O/c24-23(25,26)17-8-6-7-16(13-17)19(14-22(30)28-18-9-2-1-3-10-18)20-15-27-21-11-4-5-12-29(20)21/h4-8,11-13,15,18-19H,1-3,9-10,14H2,(H,28,30). The van der Waals surface area contributed by atoms with E-state index < -0.39 is 17.7 Å². The summed E-state index contributed by atoms with van der Waals surface area (Å²) in [7, 11) is 0. The zero-order valence-corrected chi connectivity index (χ0v) is 16.5. The van der Waals surface area contributed by atoms with Crippen molar-refractivity contribution in [2.45, 2.75) is 56.7 Å². The first-order chi connectivity index (χ1) is 14.4. The van der Waals surface area contributed by atoms with Gasteiger partial charge in [0, 0.05) is 30.8 Å². The number of alkyl halides is 3. The van der Waals surface area contributed by atoms with Crippen molar-refractivity contribution in [3.05, 3.63) is 71.7 Å². The summed E-state index contributed by atoms with van der Waals surface area (Å²) in [6.07, 6.45) is 4.37. The second-order valence-electron chi connectivity index (χ2n) is 7.89. The number of nitrogens with one attached hydrogen (secondary N) is 1. The van der Waals surface area contributed by atoms with Crippen molar-refractivity contribution in [3.63, 3.8) is 0 Å². The van der Waals surface area contributed by atoms with Crippen molar-refractivity contribution in [3.8, 4) is 0 Å². The molecule has 1 fully saturated rings. The monoisotopic (exact) mass is 415 g/mol. The highest BCUT2D eigenvalue weighted by molar-refractivity contribution is 5.78. The number of amides is 1. The third-order valence-corrected chi connectivity index (χ3v) is 5.78. The molecule has 1 saturated carbocycles. The Morgan fingerprint density at radius 2 is 1.93 bits per heavy atom. The van der Waals surface area contributed by atoms with Gasteiger partial charge in [0.1, 0.15) is 5.65 Å². The lowest BCUT2D eigenvalue weighted by molar-refractivity contribution is -0.137. The van der Waals surface area contributed by atoms with Crippen LogP contribution in [-0.4, -0.2) is 21.3 Å². The highest BCUT2D eigenvalue weighted by Gasteiger charge is 2.32. The number of hydrogen-bond donors (Lipinski definition) is 1. The molecule has 0 aliphatic heterocycles. The Morgan fingerprint density at radius 1 is 1.13 bits per heavy atom. The quantitative estimate of drug-likeness (QED) is 0.613. The highest BCUT2D eigenvalue weighted by Crippen LogP contribution is 2.34. The zero-order chi connectivity index (χ0) is 21.1. The van der Waals surface area contributed by atoms with Crippen LogP contribution in [-0.2, 0) is 11.0 Å². The van der Waals surface area contributed by atoms with Gasteiger partial charge >= 0.3 is 6.18 Å². The molecule has 1 aliphatic rings. The number of pyridine rings is 1. The van der Waals surface area contributed by atoms with Crippen molar-refractivity contribution < 1.29 is 18.0 Å². The molecule has 1 aromatic carbocycles. The van der Waals surface area contributed by atoms with E-state index in [4.69, 9.17) is 0 Å². The highest BCUT2D eigenvalue weighted by atomic mass is 19.4. The third kappa shape index (κ3) is 4.50. The first-order valence-corrected chi connectivity index (χ1v) is 10.3. The fraction of sp³-hybridized carbons (Fsp3) is 0.391. The summed E-state index contributed by atoms with van der Waals surface area (Å²) in [6.45, 7) is 0. The van der Waals surface area contributed by atoms with Gasteiger partial charge in [-0.2, -0.15) is 13.2 Å². The average molecular weight is 415 g/mol. The number of halogens is 3. The summed E-state index contributed by atoms with van der Waals surface area (Å²) in [4.78, 5) is 17.2. The van der Waals surface area contributed by atoms with Crippen LogP contribution in [0.25, 0.3) is 5.65 Å². The molecule has 4 rings (SSSR count). The molecular weight excluding hydrogens is 391 g/mol. The van der Waals surface area contributed by atoms with Gasteiger partial charge in [-0.3, -0.25) is 4.79 Å². The van der Waals surface area contributed by atoms with Gasteiger partial charge in [0.15, 0.2) is 0 Å². The number of hydrogen-bond acceptors (Lipinski definition) is 2. The summed E-state index contributed by atoms with van der Waals surface area (Å²) in [5.74, 6) is -0.677. The van der Waals surface area contributed by atoms with E-state index in [2.05, 4.69) is 10.3 Å². The maximum absolute atomic E-state index is 13.3. The van der Waals surface area contributed by atoms with Crippen molar-refractivity contribution in [2.24, 2.45) is 0 Å². The fourth-order valence-corrected chi connectivity index (χ4v) is 4.25. The lowest BCUT2D eigenvalue weighted by atomic mass is 9.90. The predicted molar refractivity (Wildman–Crippen MR) is 108 cm³/mol. The number of nitrogens with zero attached hydrogens (tertiary/aromatic N) is 2. The number of aromatic nitrogens is 2. The Kier molecular flexibility index (Phi) is 5.79. The largest absolute Gasteiger partial charge is 0.416 e. The first kappa shape index (κ1) is 20.4. The van der Waals surface area contributed by atoms with E-state index in [1.54, 1.807) is 12.3 Å². The van der Waals surface area contributed by atoms with E-state index in [-0.39, 0.29) is 18.4 Å². The molecule has 7 heteroatoms. The Labute approximate surface area is 173 Å². The minimum atomic E-state index is -4.44. The van der Waals surface area contributed by atoms with E-state index in [1.165, 1.54) is 12.5 Å². The second-order valence-corrected chi connectivity index (χ2v) is 7.89. The van der Waals surface area contributed by atoms with Gasteiger partial charge in [-0.1, -0.05) is 43.5 Å². The molecule has 0 saturated heterocycles. The van der Waals surface area contributed by atoms with Gasteiger partial charge in [0.25, 0.3) is 0 Å². The van der Waals surface area contributed by atoms with Gasteiger partial charge < -0.3 is 9.72 Å². The van der Waals surface area contributed by atoms with Crippen LogP contribution in [0.1, 0.15) is 61.3 Å². The molecule has 1 N–H and O–H groups in total. The zero-order valence-electron chi connectivity index (χ0n) is 16.5. The summed E-state index contributed by atoms with van der Waals surface area (Å²) >= 11 is 0. The minimum absolute atomic E-state index is 0.0699. The molecule has 1 atom stereocenters. The molecule has 4 nitrogen and oxygen atoms in total. The van der Waals surface area contributed by atoms with Crippen LogP contribution in [0.3, 0.4) is 0 Å². The molecule has 1 unspecified atom stereocenters. The molecule has 1 aliphatic carbocycles. The molecule has 2 heterocycles.